The van der Waals surface area contributed by atoms with Crippen molar-refractivity contribution in [1.29, 1.82) is 0 Å². The summed E-state index contributed by atoms with van der Waals surface area (Å²) < 4.78 is 39.8. The van der Waals surface area contributed by atoms with Crippen molar-refractivity contribution < 1.29 is 22.7 Å². The van der Waals surface area contributed by atoms with Gasteiger partial charge in [0.15, 0.2) is 11.0 Å². The topological polar surface area (TPSA) is 82.2 Å². The van der Waals surface area contributed by atoms with E-state index in [1.807, 2.05) is 34.9 Å². The molecule has 0 aliphatic rings. The van der Waals surface area contributed by atoms with Gasteiger partial charge in [0.1, 0.15) is 23.1 Å². The van der Waals surface area contributed by atoms with Crippen LogP contribution in [0.2, 0.25) is 0 Å². The third kappa shape index (κ3) is 5.45. The first-order valence-corrected chi connectivity index (χ1v) is 11.4. The number of benzene rings is 2. The fraction of sp³-hybridized carbons (Fsp3) is 0.208. The van der Waals surface area contributed by atoms with Crippen LogP contribution in [0.5, 0.6) is 5.75 Å². The summed E-state index contributed by atoms with van der Waals surface area (Å²) in [7, 11) is 1.59. The van der Waals surface area contributed by atoms with E-state index in [4.69, 9.17) is 9.15 Å². The Morgan fingerprint density at radius 1 is 1.18 bits per heavy atom. The molecule has 1 atom stereocenters. The van der Waals surface area contributed by atoms with Gasteiger partial charge in [0.05, 0.1) is 31.7 Å². The van der Waals surface area contributed by atoms with E-state index < -0.39 is 17.7 Å². The summed E-state index contributed by atoms with van der Waals surface area (Å²) in [5.74, 6) is 0.314. The van der Waals surface area contributed by atoms with Gasteiger partial charge in [-0.2, -0.15) is 0 Å². The van der Waals surface area contributed by atoms with Gasteiger partial charge in [0.2, 0.25) is 5.91 Å². The van der Waals surface area contributed by atoms with Crippen molar-refractivity contribution in [3.8, 4) is 17.1 Å². The van der Waals surface area contributed by atoms with Gasteiger partial charge in [-0.05, 0) is 37.3 Å². The zero-order valence-corrected chi connectivity index (χ0v) is 19.3. The first kappa shape index (κ1) is 23.5. The largest absolute Gasteiger partial charge is 0.497 e. The molecule has 2 heterocycles. The molecule has 4 rings (SSSR count). The molecular weight excluding hydrogens is 462 g/mol. The lowest BCUT2D eigenvalue weighted by atomic mass is 10.1. The Morgan fingerprint density at radius 3 is 2.76 bits per heavy atom. The second kappa shape index (κ2) is 10.5. The molecule has 0 spiro atoms. The molecule has 34 heavy (non-hydrogen) atoms. The van der Waals surface area contributed by atoms with E-state index in [1.54, 1.807) is 26.4 Å². The number of carbonyl (C=O) groups is 1. The minimum Gasteiger partial charge on any atom is -0.497 e. The van der Waals surface area contributed by atoms with E-state index in [2.05, 4.69) is 15.5 Å². The SMILES string of the molecule is COc1cccc(-c2nnc(SCC(=O)N[C@@H](C)c3ccc(F)cc3F)n2Cc2ccco2)c1. The molecule has 2 aromatic carbocycles. The number of amides is 1. The third-order valence-electron chi connectivity index (χ3n) is 5.08. The molecule has 176 valence electrons. The number of hydrogen-bond acceptors (Lipinski definition) is 6. The molecule has 2 aromatic heterocycles. The van der Waals surface area contributed by atoms with Crippen LogP contribution in [0.25, 0.3) is 11.4 Å². The predicted octanol–water partition coefficient (Wildman–Crippen LogP) is 4.84. The molecule has 0 fully saturated rings. The summed E-state index contributed by atoms with van der Waals surface area (Å²) in [6, 6.07) is 13.7. The van der Waals surface area contributed by atoms with Crippen molar-refractivity contribution in [2.45, 2.75) is 24.7 Å². The Labute approximate surface area is 199 Å². The van der Waals surface area contributed by atoms with E-state index >= 15 is 0 Å². The van der Waals surface area contributed by atoms with Crippen molar-refractivity contribution in [3.63, 3.8) is 0 Å². The quantitative estimate of drug-likeness (QED) is 0.342. The van der Waals surface area contributed by atoms with Crippen molar-refractivity contribution in [1.82, 2.24) is 20.1 Å². The number of hydrogen-bond donors (Lipinski definition) is 1. The van der Waals surface area contributed by atoms with Crippen LogP contribution in [0.3, 0.4) is 0 Å². The third-order valence-corrected chi connectivity index (χ3v) is 6.04. The minimum absolute atomic E-state index is 0.0293. The molecule has 7 nitrogen and oxygen atoms in total. The highest BCUT2D eigenvalue weighted by Gasteiger charge is 2.19. The Morgan fingerprint density at radius 2 is 2.03 bits per heavy atom. The van der Waals surface area contributed by atoms with Crippen LogP contribution in [0.4, 0.5) is 8.78 Å². The molecule has 1 N–H and O–H groups in total. The molecule has 0 unspecified atom stereocenters. The fourth-order valence-corrected chi connectivity index (χ4v) is 4.16. The number of carbonyl (C=O) groups excluding carboxylic acids is 1. The van der Waals surface area contributed by atoms with Crippen LogP contribution in [0, 0.1) is 11.6 Å². The van der Waals surface area contributed by atoms with Crippen LogP contribution < -0.4 is 10.1 Å². The van der Waals surface area contributed by atoms with Gasteiger partial charge >= 0.3 is 0 Å². The highest BCUT2D eigenvalue weighted by atomic mass is 32.2. The van der Waals surface area contributed by atoms with Crippen LogP contribution >= 0.6 is 11.8 Å². The average Bonchev–Trinajstić information content (AvgIpc) is 3.48. The molecular formula is C24H22F2N4O3S. The number of methoxy groups -OCH3 is 1. The number of nitrogens with zero attached hydrogens (tertiary/aromatic N) is 3. The molecule has 0 saturated heterocycles. The molecule has 0 aliphatic carbocycles. The molecule has 0 aliphatic heterocycles. The zero-order valence-electron chi connectivity index (χ0n) is 18.5. The summed E-state index contributed by atoms with van der Waals surface area (Å²) in [5.41, 5.74) is 1.01. The Balaban J connectivity index is 1.50. The Bertz CT molecular complexity index is 1280. The molecule has 1 amide bonds. The van der Waals surface area contributed by atoms with Crippen molar-refractivity contribution in [2.75, 3.05) is 12.9 Å². The van der Waals surface area contributed by atoms with Crippen LogP contribution in [-0.2, 0) is 11.3 Å². The summed E-state index contributed by atoms with van der Waals surface area (Å²) in [4.78, 5) is 12.5. The van der Waals surface area contributed by atoms with Gasteiger partial charge in [-0.3, -0.25) is 9.36 Å². The lowest BCUT2D eigenvalue weighted by molar-refractivity contribution is -0.119. The van der Waals surface area contributed by atoms with Crippen molar-refractivity contribution in [3.05, 3.63) is 83.8 Å². The number of furan rings is 1. The maximum Gasteiger partial charge on any atom is 0.230 e. The zero-order chi connectivity index (χ0) is 24.1. The smallest absolute Gasteiger partial charge is 0.230 e. The number of thioether (sulfide) groups is 1. The molecule has 0 saturated carbocycles. The first-order valence-electron chi connectivity index (χ1n) is 10.4. The van der Waals surface area contributed by atoms with Gasteiger partial charge in [-0.15, -0.1) is 10.2 Å². The highest BCUT2D eigenvalue weighted by molar-refractivity contribution is 7.99. The number of rotatable bonds is 9. The van der Waals surface area contributed by atoms with Gasteiger partial charge in [0.25, 0.3) is 0 Å². The lowest BCUT2D eigenvalue weighted by Gasteiger charge is -2.15. The predicted molar refractivity (Wildman–Crippen MR) is 123 cm³/mol. The standard InChI is InChI=1S/C24H22F2N4O3S/c1-15(20-9-8-17(25)12-21(20)26)27-22(31)14-34-24-29-28-23(16-5-3-6-18(11-16)32-2)30(24)13-19-7-4-10-33-19/h3-12,15H,13-14H2,1-2H3,(H,27,31)/t15-/m0/s1. The maximum atomic E-state index is 14.0. The van der Waals surface area contributed by atoms with Crippen LogP contribution in [-0.4, -0.2) is 33.5 Å². The van der Waals surface area contributed by atoms with Crippen molar-refractivity contribution in [2.24, 2.45) is 0 Å². The number of nitrogens with one attached hydrogen (secondary N) is 1. The van der Waals surface area contributed by atoms with Gasteiger partial charge in [-0.25, -0.2) is 8.78 Å². The summed E-state index contributed by atoms with van der Waals surface area (Å²) >= 11 is 1.20. The van der Waals surface area contributed by atoms with Gasteiger partial charge in [0, 0.05) is 17.2 Å². The Hall–Kier alpha value is -3.66. The first-order chi connectivity index (χ1) is 16.4. The molecule has 10 heteroatoms. The van der Waals surface area contributed by atoms with E-state index in [1.165, 1.54) is 17.8 Å². The molecule has 0 radical (unpaired) electrons. The van der Waals surface area contributed by atoms with Crippen molar-refractivity contribution >= 4 is 17.7 Å². The van der Waals surface area contributed by atoms with Gasteiger partial charge < -0.3 is 14.5 Å². The second-order valence-corrected chi connectivity index (χ2v) is 8.39. The van der Waals surface area contributed by atoms with E-state index in [9.17, 15) is 13.6 Å². The lowest BCUT2D eigenvalue weighted by Crippen LogP contribution is -2.28. The van der Waals surface area contributed by atoms with E-state index in [0.29, 0.717) is 29.0 Å². The molecule has 4 aromatic rings. The normalized spacial score (nSPS) is 11.9. The number of aromatic nitrogens is 3. The summed E-state index contributed by atoms with van der Waals surface area (Å²) in [6.07, 6.45) is 1.58. The number of ether oxygens (including phenoxy) is 1. The Kier molecular flexibility index (Phi) is 7.27. The van der Waals surface area contributed by atoms with E-state index in [0.717, 1.165) is 17.7 Å². The summed E-state index contributed by atoms with van der Waals surface area (Å²) in [6.45, 7) is 2.01. The van der Waals surface area contributed by atoms with Crippen LogP contribution in [0.15, 0.2) is 70.4 Å². The minimum atomic E-state index is -0.707. The van der Waals surface area contributed by atoms with Gasteiger partial charge in [-0.1, -0.05) is 30.0 Å². The molecule has 0 bridgehead atoms. The second-order valence-electron chi connectivity index (χ2n) is 7.45. The van der Waals surface area contributed by atoms with Crippen LogP contribution in [0.1, 0.15) is 24.3 Å². The fourth-order valence-electron chi connectivity index (χ4n) is 3.42. The number of halogens is 2. The van der Waals surface area contributed by atoms with E-state index in [-0.39, 0.29) is 17.2 Å². The highest BCUT2D eigenvalue weighted by Crippen LogP contribution is 2.28. The maximum absolute atomic E-state index is 14.0. The average molecular weight is 485 g/mol. The monoisotopic (exact) mass is 484 g/mol. The summed E-state index contributed by atoms with van der Waals surface area (Å²) in [5, 5.41) is 11.8.